The van der Waals surface area contributed by atoms with Gasteiger partial charge in [0.25, 0.3) is 0 Å². The first-order valence-electron chi connectivity index (χ1n) is 6.60. The van der Waals surface area contributed by atoms with Crippen LogP contribution in [-0.4, -0.2) is 36.3 Å². The lowest BCUT2D eigenvalue weighted by molar-refractivity contribution is 0.462. The summed E-state index contributed by atoms with van der Waals surface area (Å²) in [6.45, 7) is 2.76. The lowest BCUT2D eigenvalue weighted by Crippen LogP contribution is -2.27. The van der Waals surface area contributed by atoms with E-state index in [1.807, 2.05) is 13.0 Å². The molecule has 0 amide bonds. The Kier molecular flexibility index (Phi) is 4.87. The Hall–Kier alpha value is -1.99. The first kappa shape index (κ1) is 15.4. The summed E-state index contributed by atoms with van der Waals surface area (Å²) >= 11 is 0. The van der Waals surface area contributed by atoms with Crippen LogP contribution in [0, 0.1) is 0 Å². The molecule has 6 nitrogen and oxygen atoms in total. The van der Waals surface area contributed by atoms with Crippen LogP contribution in [0.1, 0.15) is 12.6 Å². The highest BCUT2D eigenvalue weighted by Gasteiger charge is 2.24. The quantitative estimate of drug-likeness (QED) is 0.879. The summed E-state index contributed by atoms with van der Waals surface area (Å²) in [5.41, 5.74) is 1.25. The Labute approximate surface area is 124 Å². The minimum absolute atomic E-state index is 0.172. The van der Waals surface area contributed by atoms with Crippen LogP contribution < -0.4 is 5.32 Å². The van der Waals surface area contributed by atoms with Crippen molar-refractivity contribution in [2.24, 2.45) is 0 Å². The highest BCUT2D eigenvalue weighted by Crippen LogP contribution is 2.23. The predicted molar refractivity (Wildman–Crippen MR) is 81.3 cm³/mol. The van der Waals surface area contributed by atoms with Gasteiger partial charge in [-0.3, -0.25) is 9.97 Å². The zero-order valence-corrected chi connectivity index (χ0v) is 12.8. The van der Waals surface area contributed by atoms with E-state index in [2.05, 4.69) is 15.3 Å². The number of hydrogen-bond acceptors (Lipinski definition) is 5. The first-order valence-corrected chi connectivity index (χ1v) is 8.04. The van der Waals surface area contributed by atoms with E-state index in [0.29, 0.717) is 17.9 Å². The maximum atomic E-state index is 12.7. The van der Waals surface area contributed by atoms with Gasteiger partial charge >= 0.3 is 0 Å². The van der Waals surface area contributed by atoms with Gasteiger partial charge in [0.05, 0.1) is 17.9 Å². The van der Waals surface area contributed by atoms with Gasteiger partial charge in [-0.25, -0.2) is 8.42 Å². The fraction of sp³-hybridized carbons (Fsp3) is 0.286. The SMILES string of the molecule is CCNc1ccncc1S(=O)(=O)N(C)Cc1ccccn1. The Morgan fingerprint density at radius 2 is 2.05 bits per heavy atom. The smallest absolute Gasteiger partial charge is 0.246 e. The summed E-state index contributed by atoms with van der Waals surface area (Å²) in [6, 6.07) is 7.07. The molecule has 0 fully saturated rings. The van der Waals surface area contributed by atoms with E-state index in [4.69, 9.17) is 0 Å². The minimum Gasteiger partial charge on any atom is -0.384 e. The molecule has 0 saturated carbocycles. The molecule has 0 aliphatic heterocycles. The standard InChI is InChI=1S/C14H18N4O2S/c1-3-16-13-7-9-15-10-14(13)21(19,20)18(2)11-12-6-4-5-8-17-12/h4-10H,3,11H2,1-2H3,(H,15,16). The number of anilines is 1. The van der Waals surface area contributed by atoms with Gasteiger partial charge in [-0.2, -0.15) is 4.31 Å². The lowest BCUT2D eigenvalue weighted by Gasteiger charge is -2.18. The molecule has 0 radical (unpaired) electrons. The molecular formula is C14H18N4O2S. The van der Waals surface area contributed by atoms with E-state index < -0.39 is 10.0 Å². The highest BCUT2D eigenvalue weighted by molar-refractivity contribution is 7.89. The summed E-state index contributed by atoms with van der Waals surface area (Å²) in [4.78, 5) is 8.24. The lowest BCUT2D eigenvalue weighted by atomic mass is 10.3. The molecule has 0 saturated heterocycles. The molecule has 2 aromatic rings. The number of nitrogens with one attached hydrogen (secondary N) is 1. The third-order valence-corrected chi connectivity index (χ3v) is 4.78. The van der Waals surface area contributed by atoms with Crippen molar-refractivity contribution < 1.29 is 8.42 Å². The van der Waals surface area contributed by atoms with E-state index in [0.717, 1.165) is 0 Å². The van der Waals surface area contributed by atoms with Crippen LogP contribution in [0.4, 0.5) is 5.69 Å². The third-order valence-electron chi connectivity index (χ3n) is 2.95. The van der Waals surface area contributed by atoms with Gasteiger partial charge in [0.15, 0.2) is 0 Å². The number of rotatable bonds is 6. The largest absolute Gasteiger partial charge is 0.384 e. The van der Waals surface area contributed by atoms with Crippen molar-refractivity contribution in [2.75, 3.05) is 18.9 Å². The fourth-order valence-electron chi connectivity index (χ4n) is 1.89. The summed E-state index contributed by atoms with van der Waals surface area (Å²) in [5, 5.41) is 3.04. The normalized spacial score (nSPS) is 11.6. The monoisotopic (exact) mass is 306 g/mol. The van der Waals surface area contributed by atoms with Gasteiger partial charge < -0.3 is 5.32 Å². The highest BCUT2D eigenvalue weighted by atomic mass is 32.2. The maximum Gasteiger partial charge on any atom is 0.246 e. The number of pyridine rings is 2. The molecular weight excluding hydrogens is 288 g/mol. The molecule has 0 unspecified atom stereocenters. The molecule has 1 N–H and O–H groups in total. The van der Waals surface area contributed by atoms with Crippen molar-refractivity contribution in [3.8, 4) is 0 Å². The van der Waals surface area contributed by atoms with Crippen LogP contribution in [0.5, 0.6) is 0 Å². The molecule has 2 rings (SSSR count). The third kappa shape index (κ3) is 3.56. The van der Waals surface area contributed by atoms with Gasteiger partial charge in [0.2, 0.25) is 10.0 Å². The molecule has 0 spiro atoms. The van der Waals surface area contributed by atoms with Crippen LogP contribution in [0.25, 0.3) is 0 Å². The molecule has 0 bridgehead atoms. The average molecular weight is 306 g/mol. The molecule has 0 aliphatic carbocycles. The molecule has 2 aromatic heterocycles. The first-order chi connectivity index (χ1) is 10.1. The topological polar surface area (TPSA) is 75.2 Å². The summed E-state index contributed by atoms with van der Waals surface area (Å²) in [6.07, 6.45) is 4.57. The second-order valence-electron chi connectivity index (χ2n) is 4.48. The van der Waals surface area contributed by atoms with Crippen molar-refractivity contribution in [1.82, 2.24) is 14.3 Å². The minimum atomic E-state index is -3.62. The van der Waals surface area contributed by atoms with Crippen LogP contribution in [0.3, 0.4) is 0 Å². The van der Waals surface area contributed by atoms with E-state index in [-0.39, 0.29) is 11.4 Å². The average Bonchev–Trinajstić information content (AvgIpc) is 2.49. The van der Waals surface area contributed by atoms with Crippen molar-refractivity contribution in [3.05, 3.63) is 48.5 Å². The van der Waals surface area contributed by atoms with Gasteiger partial charge in [-0.15, -0.1) is 0 Å². The Balaban J connectivity index is 2.29. The molecule has 112 valence electrons. The van der Waals surface area contributed by atoms with Crippen molar-refractivity contribution in [1.29, 1.82) is 0 Å². The summed E-state index contributed by atoms with van der Waals surface area (Å²) in [5.74, 6) is 0. The zero-order valence-electron chi connectivity index (χ0n) is 12.0. The second kappa shape index (κ2) is 6.64. The Morgan fingerprint density at radius 3 is 2.71 bits per heavy atom. The molecule has 0 aromatic carbocycles. The number of hydrogen-bond donors (Lipinski definition) is 1. The van der Waals surface area contributed by atoms with Crippen LogP contribution in [0.2, 0.25) is 0 Å². The maximum absolute atomic E-state index is 12.7. The van der Waals surface area contributed by atoms with E-state index in [1.54, 1.807) is 30.6 Å². The van der Waals surface area contributed by atoms with Gasteiger partial charge in [-0.05, 0) is 25.1 Å². The Morgan fingerprint density at radius 1 is 1.24 bits per heavy atom. The predicted octanol–water partition coefficient (Wildman–Crippen LogP) is 1.73. The van der Waals surface area contributed by atoms with E-state index >= 15 is 0 Å². The number of aromatic nitrogens is 2. The van der Waals surface area contributed by atoms with Gasteiger partial charge in [0, 0.05) is 32.2 Å². The summed E-state index contributed by atoms with van der Waals surface area (Å²) < 4.78 is 26.6. The van der Waals surface area contributed by atoms with Gasteiger partial charge in [-0.1, -0.05) is 6.07 Å². The van der Waals surface area contributed by atoms with Gasteiger partial charge in [0.1, 0.15) is 4.90 Å². The van der Waals surface area contributed by atoms with Crippen LogP contribution in [-0.2, 0) is 16.6 Å². The van der Waals surface area contributed by atoms with E-state index in [1.165, 1.54) is 17.5 Å². The molecule has 7 heteroatoms. The zero-order chi connectivity index (χ0) is 15.3. The number of sulfonamides is 1. The fourth-order valence-corrected chi connectivity index (χ4v) is 3.14. The molecule has 0 aliphatic rings. The number of nitrogens with zero attached hydrogens (tertiary/aromatic N) is 3. The second-order valence-corrected chi connectivity index (χ2v) is 6.50. The Bertz CT molecular complexity index is 689. The van der Waals surface area contributed by atoms with Crippen molar-refractivity contribution >= 4 is 15.7 Å². The van der Waals surface area contributed by atoms with Crippen molar-refractivity contribution in [2.45, 2.75) is 18.4 Å². The summed E-state index contributed by atoms with van der Waals surface area (Å²) in [7, 11) is -2.09. The molecule has 2 heterocycles. The molecule has 21 heavy (non-hydrogen) atoms. The van der Waals surface area contributed by atoms with Crippen LogP contribution >= 0.6 is 0 Å². The van der Waals surface area contributed by atoms with Crippen LogP contribution in [0.15, 0.2) is 47.8 Å². The van der Waals surface area contributed by atoms with E-state index in [9.17, 15) is 8.42 Å². The van der Waals surface area contributed by atoms with Crippen molar-refractivity contribution in [3.63, 3.8) is 0 Å². The molecule has 0 atom stereocenters.